The summed E-state index contributed by atoms with van der Waals surface area (Å²) in [6.07, 6.45) is 5.99. The van der Waals surface area contributed by atoms with Gasteiger partial charge in [-0.05, 0) is 73.3 Å². The maximum Gasteiger partial charge on any atom is 0.268 e. The van der Waals surface area contributed by atoms with Crippen molar-refractivity contribution >= 4 is 39.2 Å². The van der Waals surface area contributed by atoms with Gasteiger partial charge in [0.2, 0.25) is 5.91 Å². The van der Waals surface area contributed by atoms with Gasteiger partial charge in [0.25, 0.3) is 5.91 Å². The topological polar surface area (TPSA) is 82.3 Å². The number of carbonyl (C=O) groups excluding carboxylic acids is 3. The van der Waals surface area contributed by atoms with Crippen LogP contribution in [-0.2, 0) is 17.6 Å². The van der Waals surface area contributed by atoms with Crippen LogP contribution in [0.1, 0.15) is 83.6 Å². The largest absolute Gasteiger partial charge is 0.354 e. The number of anilines is 1. The van der Waals surface area contributed by atoms with E-state index < -0.39 is 6.04 Å². The van der Waals surface area contributed by atoms with Crippen LogP contribution in [0.5, 0.6) is 0 Å². The number of aromatic amines is 1. The van der Waals surface area contributed by atoms with Crippen LogP contribution in [0, 0.1) is 18.3 Å². The second kappa shape index (κ2) is 8.67. The number of H-pyrrole nitrogens is 1. The number of Topliss-reactive ketones (excluding diaryl/α,β-unsaturated/α-hetero) is 1. The summed E-state index contributed by atoms with van der Waals surface area (Å²) in [5, 5.41) is 3.04. The first-order valence-corrected chi connectivity index (χ1v) is 13.1. The Labute approximate surface area is 209 Å². The van der Waals surface area contributed by atoms with Crippen molar-refractivity contribution < 1.29 is 14.4 Å². The second-order valence-corrected chi connectivity index (χ2v) is 11.9. The highest BCUT2D eigenvalue weighted by Gasteiger charge is 2.37. The fourth-order valence-electron chi connectivity index (χ4n) is 5.54. The molecule has 1 aliphatic heterocycles. The fourth-order valence-corrected chi connectivity index (χ4v) is 5.95. The number of hydrogen-bond acceptors (Lipinski definition) is 3. The Morgan fingerprint density at radius 3 is 2.76 bits per heavy atom. The Morgan fingerprint density at radius 2 is 2.03 bits per heavy atom. The highest BCUT2D eigenvalue weighted by Crippen LogP contribution is 2.37. The Balaban J connectivity index is 1.38. The lowest BCUT2D eigenvalue weighted by atomic mass is 9.75. The normalized spacial score (nSPS) is 19.5. The van der Waals surface area contributed by atoms with E-state index in [-0.39, 0.29) is 23.0 Å². The van der Waals surface area contributed by atoms with Crippen molar-refractivity contribution in [2.45, 2.75) is 71.8 Å². The number of ketones is 1. The predicted molar refractivity (Wildman–Crippen MR) is 135 cm³/mol. The minimum Gasteiger partial charge on any atom is -0.354 e. The number of hydrogen-bond donors (Lipinski definition) is 2. The van der Waals surface area contributed by atoms with Crippen molar-refractivity contribution in [1.29, 1.82) is 0 Å². The van der Waals surface area contributed by atoms with Gasteiger partial charge in [0.05, 0.1) is 0 Å². The molecule has 5 rings (SSSR count). The summed E-state index contributed by atoms with van der Waals surface area (Å²) in [7, 11) is 0. The zero-order valence-corrected chi connectivity index (χ0v) is 21.7. The van der Waals surface area contributed by atoms with E-state index >= 15 is 0 Å². The number of nitrogens with zero attached hydrogens (tertiary/aromatic N) is 1. The molecule has 2 N–H and O–H groups in total. The molecule has 34 heavy (non-hydrogen) atoms. The SMILES string of the molecule is Cc1c(C(=O)NC(CCC2CC2)C(=O)N2CCc3cc(Br)ccc32)[nH]c2c1C(=O)CC(C)(C)C2. The first kappa shape index (κ1) is 23.3. The third kappa shape index (κ3) is 4.47. The van der Waals surface area contributed by atoms with E-state index in [2.05, 4.69) is 46.1 Å². The van der Waals surface area contributed by atoms with Gasteiger partial charge in [0, 0.05) is 34.4 Å². The molecule has 3 aliphatic rings. The van der Waals surface area contributed by atoms with Crippen molar-refractivity contribution in [2.75, 3.05) is 11.4 Å². The molecule has 1 saturated carbocycles. The maximum absolute atomic E-state index is 13.6. The zero-order valence-electron chi connectivity index (χ0n) is 20.1. The molecule has 1 atom stereocenters. The second-order valence-electron chi connectivity index (χ2n) is 11.0. The summed E-state index contributed by atoms with van der Waals surface area (Å²) in [4.78, 5) is 44.9. The highest BCUT2D eigenvalue weighted by molar-refractivity contribution is 9.10. The molecule has 0 bridgehead atoms. The van der Waals surface area contributed by atoms with E-state index in [1.165, 1.54) is 12.8 Å². The third-order valence-electron chi connectivity index (χ3n) is 7.50. The van der Waals surface area contributed by atoms with Crippen molar-refractivity contribution in [3.8, 4) is 0 Å². The number of aromatic nitrogens is 1. The van der Waals surface area contributed by atoms with Crippen LogP contribution in [0.4, 0.5) is 5.69 Å². The van der Waals surface area contributed by atoms with Gasteiger partial charge >= 0.3 is 0 Å². The Kier molecular flexibility index (Phi) is 5.95. The lowest BCUT2D eigenvalue weighted by molar-refractivity contribution is -0.120. The van der Waals surface area contributed by atoms with E-state index in [0.29, 0.717) is 42.1 Å². The van der Waals surface area contributed by atoms with Gasteiger partial charge in [0.15, 0.2) is 5.78 Å². The van der Waals surface area contributed by atoms with Gasteiger partial charge in [-0.1, -0.05) is 42.6 Å². The maximum atomic E-state index is 13.6. The molecule has 0 radical (unpaired) electrons. The molecule has 7 heteroatoms. The molecule has 1 aromatic heterocycles. The van der Waals surface area contributed by atoms with E-state index in [9.17, 15) is 14.4 Å². The molecule has 0 saturated heterocycles. The van der Waals surface area contributed by atoms with Crippen LogP contribution in [0.3, 0.4) is 0 Å². The van der Waals surface area contributed by atoms with Crippen LogP contribution in [0.15, 0.2) is 22.7 Å². The molecule has 1 fully saturated rings. The molecular weight excluding hydrogens is 494 g/mol. The predicted octanol–water partition coefficient (Wildman–Crippen LogP) is 5.12. The van der Waals surface area contributed by atoms with E-state index in [0.717, 1.165) is 40.7 Å². The first-order chi connectivity index (χ1) is 16.1. The summed E-state index contributed by atoms with van der Waals surface area (Å²) >= 11 is 3.51. The summed E-state index contributed by atoms with van der Waals surface area (Å²) < 4.78 is 1.00. The quantitative estimate of drug-likeness (QED) is 0.549. The molecule has 1 unspecified atom stereocenters. The van der Waals surface area contributed by atoms with Gasteiger partial charge in [-0.25, -0.2) is 0 Å². The molecule has 1 aromatic carbocycles. The van der Waals surface area contributed by atoms with Crippen LogP contribution in [0.2, 0.25) is 0 Å². The average Bonchev–Trinajstić information content (AvgIpc) is 3.40. The van der Waals surface area contributed by atoms with Gasteiger partial charge in [-0.2, -0.15) is 0 Å². The highest BCUT2D eigenvalue weighted by atomic mass is 79.9. The van der Waals surface area contributed by atoms with E-state index in [4.69, 9.17) is 0 Å². The van der Waals surface area contributed by atoms with Crippen LogP contribution in [0.25, 0.3) is 0 Å². The monoisotopic (exact) mass is 525 g/mol. The van der Waals surface area contributed by atoms with Gasteiger partial charge < -0.3 is 15.2 Å². The molecule has 2 aliphatic carbocycles. The van der Waals surface area contributed by atoms with E-state index in [1.54, 1.807) is 0 Å². The average molecular weight is 526 g/mol. The summed E-state index contributed by atoms with van der Waals surface area (Å²) in [5.41, 5.74) is 4.54. The summed E-state index contributed by atoms with van der Waals surface area (Å²) in [5.74, 6) is 0.386. The minimum atomic E-state index is -0.588. The molecule has 0 spiro atoms. The fraction of sp³-hybridized carbons (Fsp3) is 0.519. The van der Waals surface area contributed by atoms with Crippen molar-refractivity contribution in [3.63, 3.8) is 0 Å². The summed E-state index contributed by atoms with van der Waals surface area (Å²) in [6, 6.07) is 5.40. The Bertz CT molecular complexity index is 1180. The number of rotatable bonds is 6. The molecule has 2 amide bonds. The lowest BCUT2D eigenvalue weighted by Gasteiger charge is -2.28. The standard InChI is InChI=1S/C27H32BrN3O3/c1-15-23-20(13-27(2,3)14-22(23)32)29-24(15)25(33)30-19(8-6-16-4-5-16)26(34)31-11-10-17-12-18(28)7-9-21(17)31/h7,9,12,16,19,29H,4-6,8,10-11,13-14H2,1-3H3,(H,30,33). The van der Waals surface area contributed by atoms with Crippen molar-refractivity contribution in [2.24, 2.45) is 11.3 Å². The zero-order chi connectivity index (χ0) is 24.2. The van der Waals surface area contributed by atoms with Crippen LogP contribution < -0.4 is 10.2 Å². The minimum absolute atomic E-state index is 0.0544. The van der Waals surface area contributed by atoms with Crippen molar-refractivity contribution in [1.82, 2.24) is 10.3 Å². The van der Waals surface area contributed by atoms with Gasteiger partial charge in [-0.3, -0.25) is 14.4 Å². The summed E-state index contributed by atoms with van der Waals surface area (Å²) in [6.45, 7) is 6.60. The Hall–Kier alpha value is -2.41. The lowest BCUT2D eigenvalue weighted by Crippen LogP contribution is -2.48. The molecule has 2 heterocycles. The number of halogens is 1. The van der Waals surface area contributed by atoms with Crippen molar-refractivity contribution in [3.05, 3.63) is 50.8 Å². The first-order valence-electron chi connectivity index (χ1n) is 12.3. The Morgan fingerprint density at radius 1 is 1.26 bits per heavy atom. The number of nitrogens with one attached hydrogen (secondary N) is 2. The third-order valence-corrected chi connectivity index (χ3v) is 7.99. The molecule has 6 nitrogen and oxygen atoms in total. The number of amides is 2. The number of fused-ring (bicyclic) bond motifs is 2. The number of benzene rings is 1. The van der Waals surface area contributed by atoms with Crippen LogP contribution in [-0.4, -0.2) is 35.2 Å². The number of carbonyl (C=O) groups is 3. The van der Waals surface area contributed by atoms with Gasteiger partial charge in [0.1, 0.15) is 11.7 Å². The van der Waals surface area contributed by atoms with E-state index in [1.807, 2.05) is 24.0 Å². The molecule has 2 aromatic rings. The molecular formula is C27H32BrN3O3. The smallest absolute Gasteiger partial charge is 0.268 e. The molecule has 180 valence electrons. The van der Waals surface area contributed by atoms with Crippen LogP contribution >= 0.6 is 15.9 Å². The van der Waals surface area contributed by atoms with Gasteiger partial charge in [-0.15, -0.1) is 0 Å².